The van der Waals surface area contributed by atoms with Gasteiger partial charge in [-0.1, -0.05) is 0 Å². The van der Waals surface area contributed by atoms with Gasteiger partial charge in [-0.3, -0.25) is 4.99 Å². The summed E-state index contributed by atoms with van der Waals surface area (Å²) in [5.74, 6) is 0. The minimum atomic E-state index is 0.958. The van der Waals surface area contributed by atoms with E-state index in [0.717, 1.165) is 13.1 Å². The molecule has 3 nitrogen and oxygen atoms in total. The number of hydrogen-bond donors (Lipinski definition) is 2. The standard InChI is InChI=1S/C4H5N.C3H6N2/c1-2-4-5-3-1;1-2-5-3-4-1/h1-5H;3H,1-2H2,(H,4,5). The Kier molecular flexibility index (Phi) is 3.17. The zero-order valence-corrected chi connectivity index (χ0v) is 5.75. The highest BCUT2D eigenvalue weighted by Gasteiger charge is 1.82. The topological polar surface area (TPSA) is 40.2 Å². The highest BCUT2D eigenvalue weighted by Crippen LogP contribution is 1.72. The number of rotatable bonds is 0. The van der Waals surface area contributed by atoms with Gasteiger partial charge < -0.3 is 10.3 Å². The smallest absolute Gasteiger partial charge is 0.0825 e. The van der Waals surface area contributed by atoms with Crippen LogP contribution in [0.4, 0.5) is 0 Å². The number of hydrogen-bond acceptors (Lipinski definition) is 2. The molecule has 1 aliphatic rings. The SMILES string of the molecule is C1=NCCN1.c1cc[nH]c1. The molecule has 0 fully saturated rings. The lowest BCUT2D eigenvalue weighted by Gasteiger charge is -1.75. The highest BCUT2D eigenvalue weighted by molar-refractivity contribution is 5.56. The van der Waals surface area contributed by atoms with Crippen LogP contribution < -0.4 is 5.32 Å². The molecule has 10 heavy (non-hydrogen) atoms. The maximum atomic E-state index is 3.85. The molecule has 2 N–H and O–H groups in total. The van der Waals surface area contributed by atoms with Gasteiger partial charge in [0, 0.05) is 18.9 Å². The first-order chi connectivity index (χ1) is 5.00. The van der Waals surface area contributed by atoms with Crippen molar-refractivity contribution in [3.63, 3.8) is 0 Å². The van der Waals surface area contributed by atoms with Crippen LogP contribution >= 0.6 is 0 Å². The number of H-pyrrole nitrogens is 1. The minimum absolute atomic E-state index is 0.958. The molecule has 0 radical (unpaired) electrons. The molecule has 0 aromatic carbocycles. The number of aromatic amines is 1. The van der Waals surface area contributed by atoms with Gasteiger partial charge in [0.15, 0.2) is 0 Å². The minimum Gasteiger partial charge on any atom is -0.375 e. The molecule has 0 spiro atoms. The largest absolute Gasteiger partial charge is 0.375 e. The Morgan fingerprint density at radius 2 is 2.00 bits per heavy atom. The second kappa shape index (κ2) is 4.61. The van der Waals surface area contributed by atoms with Crippen molar-refractivity contribution in [3.8, 4) is 0 Å². The van der Waals surface area contributed by atoms with Gasteiger partial charge in [-0.25, -0.2) is 0 Å². The summed E-state index contributed by atoms with van der Waals surface area (Å²) in [5.41, 5.74) is 0. The number of nitrogens with one attached hydrogen (secondary N) is 2. The van der Waals surface area contributed by atoms with Gasteiger partial charge in [0.05, 0.1) is 12.9 Å². The number of aromatic nitrogens is 1. The van der Waals surface area contributed by atoms with Gasteiger partial charge in [0.1, 0.15) is 0 Å². The second-order valence-electron chi connectivity index (χ2n) is 1.87. The van der Waals surface area contributed by atoms with Crippen molar-refractivity contribution < 1.29 is 0 Å². The van der Waals surface area contributed by atoms with Crippen LogP contribution in [0.3, 0.4) is 0 Å². The van der Waals surface area contributed by atoms with E-state index < -0.39 is 0 Å². The summed E-state index contributed by atoms with van der Waals surface area (Å²) in [4.78, 5) is 6.71. The summed E-state index contributed by atoms with van der Waals surface area (Å²) in [7, 11) is 0. The summed E-state index contributed by atoms with van der Waals surface area (Å²) in [6.07, 6.45) is 5.49. The normalized spacial score (nSPS) is 13.6. The molecule has 0 saturated carbocycles. The Bertz CT molecular complexity index is 144. The van der Waals surface area contributed by atoms with Crippen molar-refractivity contribution in [3.05, 3.63) is 24.5 Å². The van der Waals surface area contributed by atoms with Gasteiger partial charge in [0.2, 0.25) is 0 Å². The molecule has 1 aromatic heterocycles. The van der Waals surface area contributed by atoms with Crippen LogP contribution in [-0.4, -0.2) is 24.4 Å². The first-order valence-electron chi connectivity index (χ1n) is 3.29. The van der Waals surface area contributed by atoms with E-state index in [1.807, 2.05) is 24.5 Å². The monoisotopic (exact) mass is 137 g/mol. The van der Waals surface area contributed by atoms with E-state index in [-0.39, 0.29) is 0 Å². The Balaban J connectivity index is 0.0000001000. The maximum Gasteiger partial charge on any atom is 0.0825 e. The highest BCUT2D eigenvalue weighted by atomic mass is 15.0. The van der Waals surface area contributed by atoms with Gasteiger partial charge >= 0.3 is 0 Å². The van der Waals surface area contributed by atoms with Gasteiger partial charge in [0.25, 0.3) is 0 Å². The van der Waals surface area contributed by atoms with Crippen molar-refractivity contribution in [2.75, 3.05) is 13.1 Å². The summed E-state index contributed by atoms with van der Waals surface area (Å²) < 4.78 is 0. The first-order valence-corrected chi connectivity index (χ1v) is 3.29. The lowest BCUT2D eigenvalue weighted by molar-refractivity contribution is 0.965. The van der Waals surface area contributed by atoms with Crippen LogP contribution in [0.2, 0.25) is 0 Å². The van der Waals surface area contributed by atoms with Crippen LogP contribution in [0.25, 0.3) is 0 Å². The molecule has 3 heteroatoms. The molecule has 1 aromatic rings. The van der Waals surface area contributed by atoms with Gasteiger partial charge in [-0.05, 0) is 12.1 Å². The van der Waals surface area contributed by atoms with E-state index in [1.165, 1.54) is 0 Å². The summed E-state index contributed by atoms with van der Waals surface area (Å²) in [6, 6.07) is 3.89. The van der Waals surface area contributed by atoms with Gasteiger partial charge in [-0.15, -0.1) is 0 Å². The molecule has 1 aliphatic heterocycles. The molecule has 0 amide bonds. The van der Waals surface area contributed by atoms with Crippen molar-refractivity contribution in [2.24, 2.45) is 4.99 Å². The molecule has 0 unspecified atom stereocenters. The quantitative estimate of drug-likeness (QED) is 0.541. The van der Waals surface area contributed by atoms with Crippen LogP contribution in [0.5, 0.6) is 0 Å². The van der Waals surface area contributed by atoms with E-state index in [4.69, 9.17) is 0 Å². The number of nitrogens with zero attached hydrogens (tertiary/aromatic N) is 1. The lowest BCUT2D eigenvalue weighted by atomic mass is 10.7. The average Bonchev–Trinajstić information content (AvgIpc) is 2.67. The predicted octanol–water partition coefficient (Wildman–Crippen LogP) is 0.633. The molecule has 2 rings (SSSR count). The van der Waals surface area contributed by atoms with Crippen molar-refractivity contribution in [1.82, 2.24) is 10.3 Å². The molecule has 0 saturated heterocycles. The molecular formula is C7H11N3. The van der Waals surface area contributed by atoms with Crippen molar-refractivity contribution in [1.29, 1.82) is 0 Å². The van der Waals surface area contributed by atoms with E-state index >= 15 is 0 Å². The second-order valence-corrected chi connectivity index (χ2v) is 1.87. The van der Waals surface area contributed by atoms with Gasteiger partial charge in [-0.2, -0.15) is 0 Å². The zero-order chi connectivity index (χ0) is 7.07. The first kappa shape index (κ1) is 6.86. The molecule has 0 aliphatic carbocycles. The van der Waals surface area contributed by atoms with Crippen LogP contribution in [-0.2, 0) is 0 Å². The van der Waals surface area contributed by atoms with Crippen molar-refractivity contribution in [2.45, 2.75) is 0 Å². The van der Waals surface area contributed by atoms with E-state index in [0.29, 0.717) is 0 Å². The third kappa shape index (κ3) is 2.91. The lowest BCUT2D eigenvalue weighted by Crippen LogP contribution is -2.04. The molecule has 54 valence electrons. The summed E-state index contributed by atoms with van der Waals surface area (Å²) >= 11 is 0. The molecule has 0 atom stereocenters. The van der Waals surface area contributed by atoms with Crippen LogP contribution in [0.15, 0.2) is 29.5 Å². The predicted molar refractivity (Wildman–Crippen MR) is 42.2 cm³/mol. The third-order valence-electron chi connectivity index (χ3n) is 1.06. The van der Waals surface area contributed by atoms with Crippen LogP contribution in [0, 0.1) is 0 Å². The Labute approximate surface area is 60.2 Å². The molecular weight excluding hydrogens is 126 g/mol. The fourth-order valence-corrected chi connectivity index (χ4v) is 0.601. The Morgan fingerprint density at radius 3 is 2.20 bits per heavy atom. The van der Waals surface area contributed by atoms with Crippen molar-refractivity contribution >= 4 is 6.34 Å². The average molecular weight is 137 g/mol. The zero-order valence-electron chi connectivity index (χ0n) is 5.75. The fraction of sp³-hybridized carbons (Fsp3) is 0.286. The van der Waals surface area contributed by atoms with E-state index in [9.17, 15) is 0 Å². The third-order valence-corrected chi connectivity index (χ3v) is 1.06. The summed E-state index contributed by atoms with van der Waals surface area (Å²) in [5, 5.41) is 2.93. The van der Waals surface area contributed by atoms with E-state index in [1.54, 1.807) is 6.34 Å². The Hall–Kier alpha value is -1.25. The number of aliphatic imine (C=N–C) groups is 1. The van der Waals surface area contributed by atoms with Crippen LogP contribution in [0.1, 0.15) is 0 Å². The van der Waals surface area contributed by atoms with E-state index in [2.05, 4.69) is 15.3 Å². The molecule has 0 bridgehead atoms. The fourth-order valence-electron chi connectivity index (χ4n) is 0.601. The molecule has 2 heterocycles. The maximum absolute atomic E-state index is 3.85. The summed E-state index contributed by atoms with van der Waals surface area (Å²) in [6.45, 7) is 1.99. The Morgan fingerprint density at radius 1 is 1.20 bits per heavy atom.